The van der Waals surface area contributed by atoms with E-state index < -0.39 is 29.2 Å². The van der Waals surface area contributed by atoms with Crippen LogP contribution >= 0.6 is 0 Å². The van der Waals surface area contributed by atoms with Gasteiger partial charge in [-0.2, -0.15) is 0 Å². The molecule has 2 aromatic rings. The van der Waals surface area contributed by atoms with Gasteiger partial charge in [-0.25, -0.2) is 18.0 Å². The summed E-state index contributed by atoms with van der Waals surface area (Å²) in [5.41, 5.74) is -0.458. The lowest BCUT2D eigenvalue weighted by Crippen LogP contribution is -2.32. The van der Waals surface area contributed by atoms with Crippen molar-refractivity contribution in [2.45, 2.75) is 0 Å². The number of hydrogen-bond donors (Lipinski definition) is 2. The highest BCUT2D eigenvalue weighted by atomic mass is 19.2. The zero-order valence-electron chi connectivity index (χ0n) is 12.7. The molecule has 0 heterocycles. The average molecular weight is 340 g/mol. The summed E-state index contributed by atoms with van der Waals surface area (Å²) in [6, 6.07) is 7.79. The Bertz CT molecular complexity index is 726. The molecule has 0 unspecified atom stereocenters. The number of nitrogens with one attached hydrogen (secondary N) is 2. The lowest BCUT2D eigenvalue weighted by Gasteiger charge is -2.10. The zero-order valence-corrected chi connectivity index (χ0v) is 12.7. The number of carbonyl (C=O) groups is 1. The minimum Gasteiger partial charge on any atom is -0.497 e. The molecule has 2 rings (SSSR count). The van der Waals surface area contributed by atoms with Gasteiger partial charge in [-0.05, 0) is 24.3 Å². The molecule has 2 N–H and O–H groups in total. The third-order valence-corrected chi connectivity index (χ3v) is 2.98. The van der Waals surface area contributed by atoms with Crippen LogP contribution in [0.5, 0.6) is 11.5 Å². The highest BCUT2D eigenvalue weighted by Gasteiger charge is 2.14. The monoisotopic (exact) mass is 340 g/mol. The van der Waals surface area contributed by atoms with Crippen LogP contribution in [0, 0.1) is 17.5 Å². The van der Waals surface area contributed by atoms with Gasteiger partial charge in [0.15, 0.2) is 17.5 Å². The van der Waals surface area contributed by atoms with Crippen LogP contribution in [0.1, 0.15) is 0 Å². The molecule has 2 aromatic carbocycles. The highest BCUT2D eigenvalue weighted by Crippen LogP contribution is 2.20. The molecule has 0 atom stereocenters. The SMILES string of the molecule is COc1cccc(OCCNC(=O)Nc2ccc(F)c(F)c2F)c1. The van der Waals surface area contributed by atoms with Crippen molar-refractivity contribution in [3.8, 4) is 11.5 Å². The van der Waals surface area contributed by atoms with Crippen LogP contribution < -0.4 is 20.1 Å². The summed E-state index contributed by atoms with van der Waals surface area (Å²) < 4.78 is 49.7. The topological polar surface area (TPSA) is 59.6 Å². The second-order valence-electron chi connectivity index (χ2n) is 4.63. The Kier molecular flexibility index (Phi) is 5.89. The number of halogens is 3. The van der Waals surface area contributed by atoms with Gasteiger partial charge in [0.05, 0.1) is 19.3 Å². The number of rotatable bonds is 6. The fourth-order valence-electron chi connectivity index (χ4n) is 1.81. The zero-order chi connectivity index (χ0) is 17.5. The Labute approximate surface area is 136 Å². The molecule has 2 amide bonds. The van der Waals surface area contributed by atoms with E-state index in [1.807, 2.05) is 0 Å². The largest absolute Gasteiger partial charge is 0.497 e. The Morgan fingerprint density at radius 2 is 1.83 bits per heavy atom. The van der Waals surface area contributed by atoms with Crippen LogP contribution in [0.2, 0.25) is 0 Å². The standard InChI is InChI=1S/C16H15F3N2O3/c1-23-10-3-2-4-11(9-10)24-8-7-20-16(22)21-13-6-5-12(17)14(18)15(13)19/h2-6,9H,7-8H2,1H3,(H2,20,21,22). The van der Waals surface area contributed by atoms with Crippen molar-refractivity contribution in [1.29, 1.82) is 0 Å². The van der Waals surface area contributed by atoms with Gasteiger partial charge in [-0.3, -0.25) is 0 Å². The van der Waals surface area contributed by atoms with E-state index >= 15 is 0 Å². The van der Waals surface area contributed by atoms with Crippen LogP contribution in [-0.4, -0.2) is 26.3 Å². The molecule has 0 aliphatic carbocycles. The van der Waals surface area contributed by atoms with E-state index in [0.29, 0.717) is 11.5 Å². The van der Waals surface area contributed by atoms with E-state index in [2.05, 4.69) is 10.6 Å². The summed E-state index contributed by atoms with van der Waals surface area (Å²) >= 11 is 0. The number of methoxy groups -OCH3 is 1. The van der Waals surface area contributed by atoms with Gasteiger partial charge in [0.2, 0.25) is 0 Å². The van der Waals surface area contributed by atoms with Crippen molar-refractivity contribution in [3.63, 3.8) is 0 Å². The third kappa shape index (κ3) is 4.55. The van der Waals surface area contributed by atoms with E-state index in [1.54, 1.807) is 24.3 Å². The first-order valence-electron chi connectivity index (χ1n) is 6.96. The van der Waals surface area contributed by atoms with Gasteiger partial charge >= 0.3 is 6.03 Å². The lowest BCUT2D eigenvalue weighted by molar-refractivity contribution is 0.247. The molecule has 0 saturated carbocycles. The Balaban J connectivity index is 1.78. The first-order valence-corrected chi connectivity index (χ1v) is 6.96. The summed E-state index contributed by atoms with van der Waals surface area (Å²) in [6.07, 6.45) is 0. The fourth-order valence-corrected chi connectivity index (χ4v) is 1.81. The number of carbonyl (C=O) groups excluding carboxylic acids is 1. The lowest BCUT2D eigenvalue weighted by atomic mass is 10.3. The van der Waals surface area contributed by atoms with Crippen LogP contribution in [0.15, 0.2) is 36.4 Å². The number of ether oxygens (including phenoxy) is 2. The molecular formula is C16H15F3N2O3. The Morgan fingerprint density at radius 1 is 1.08 bits per heavy atom. The smallest absolute Gasteiger partial charge is 0.319 e. The maximum Gasteiger partial charge on any atom is 0.319 e. The van der Waals surface area contributed by atoms with Crippen molar-refractivity contribution in [2.75, 3.05) is 25.6 Å². The molecule has 0 bridgehead atoms. The van der Waals surface area contributed by atoms with Crippen molar-refractivity contribution < 1.29 is 27.4 Å². The highest BCUT2D eigenvalue weighted by molar-refractivity contribution is 5.89. The Hall–Kier alpha value is -2.90. The molecule has 0 aliphatic rings. The normalized spacial score (nSPS) is 10.2. The molecule has 5 nitrogen and oxygen atoms in total. The number of hydrogen-bond acceptors (Lipinski definition) is 3. The van der Waals surface area contributed by atoms with Crippen molar-refractivity contribution in [2.24, 2.45) is 0 Å². The van der Waals surface area contributed by atoms with Crippen LogP contribution in [0.4, 0.5) is 23.7 Å². The van der Waals surface area contributed by atoms with Gasteiger partial charge in [0.25, 0.3) is 0 Å². The molecule has 0 fully saturated rings. The quantitative estimate of drug-likeness (QED) is 0.626. The molecule has 24 heavy (non-hydrogen) atoms. The van der Waals surface area contributed by atoms with Gasteiger partial charge in [0, 0.05) is 6.07 Å². The van der Waals surface area contributed by atoms with E-state index in [4.69, 9.17) is 9.47 Å². The fraction of sp³-hybridized carbons (Fsp3) is 0.188. The van der Waals surface area contributed by atoms with E-state index in [9.17, 15) is 18.0 Å². The van der Waals surface area contributed by atoms with Gasteiger partial charge in [-0.15, -0.1) is 0 Å². The summed E-state index contributed by atoms with van der Waals surface area (Å²) in [7, 11) is 1.53. The molecule has 0 radical (unpaired) electrons. The first kappa shape index (κ1) is 17.5. The van der Waals surface area contributed by atoms with Crippen LogP contribution in [0.25, 0.3) is 0 Å². The minimum absolute atomic E-state index is 0.119. The predicted molar refractivity (Wildman–Crippen MR) is 81.8 cm³/mol. The number of benzene rings is 2. The average Bonchev–Trinajstić information content (AvgIpc) is 2.59. The maximum atomic E-state index is 13.4. The first-order chi connectivity index (χ1) is 11.5. The predicted octanol–water partition coefficient (Wildman–Crippen LogP) is 3.31. The number of urea groups is 1. The molecule has 0 aromatic heterocycles. The number of anilines is 1. The summed E-state index contributed by atoms with van der Waals surface area (Å²) in [4.78, 5) is 11.6. The third-order valence-electron chi connectivity index (χ3n) is 2.98. The number of amides is 2. The van der Waals surface area contributed by atoms with Crippen molar-refractivity contribution >= 4 is 11.7 Å². The summed E-state index contributed by atoms with van der Waals surface area (Å²) in [5.74, 6) is -3.24. The second-order valence-corrected chi connectivity index (χ2v) is 4.63. The van der Waals surface area contributed by atoms with Crippen LogP contribution in [-0.2, 0) is 0 Å². The second kappa shape index (κ2) is 8.09. The molecule has 0 spiro atoms. The molecule has 128 valence electrons. The summed E-state index contributed by atoms with van der Waals surface area (Å²) in [5, 5.41) is 4.49. The Morgan fingerprint density at radius 3 is 2.58 bits per heavy atom. The van der Waals surface area contributed by atoms with Gasteiger partial charge < -0.3 is 20.1 Å². The van der Waals surface area contributed by atoms with Gasteiger partial charge in [-0.1, -0.05) is 6.07 Å². The van der Waals surface area contributed by atoms with Crippen molar-refractivity contribution in [1.82, 2.24) is 5.32 Å². The molecule has 0 saturated heterocycles. The van der Waals surface area contributed by atoms with Crippen molar-refractivity contribution in [3.05, 3.63) is 53.8 Å². The van der Waals surface area contributed by atoms with Crippen LogP contribution in [0.3, 0.4) is 0 Å². The van der Waals surface area contributed by atoms with E-state index in [1.165, 1.54) is 7.11 Å². The molecular weight excluding hydrogens is 325 g/mol. The van der Waals surface area contributed by atoms with Gasteiger partial charge in [0.1, 0.15) is 18.1 Å². The molecule has 0 aliphatic heterocycles. The van der Waals surface area contributed by atoms with E-state index in [-0.39, 0.29) is 13.2 Å². The minimum atomic E-state index is -1.64. The molecule has 8 heteroatoms. The summed E-state index contributed by atoms with van der Waals surface area (Å²) in [6.45, 7) is 0.273. The van der Waals surface area contributed by atoms with E-state index in [0.717, 1.165) is 12.1 Å². The maximum absolute atomic E-state index is 13.4.